The second-order valence-electron chi connectivity index (χ2n) is 7.06. The molecule has 0 unspecified atom stereocenters. The van der Waals surface area contributed by atoms with E-state index in [2.05, 4.69) is 15.1 Å². The van der Waals surface area contributed by atoms with Crippen LogP contribution < -0.4 is 4.90 Å². The van der Waals surface area contributed by atoms with E-state index in [1.54, 1.807) is 11.3 Å². The Morgan fingerprint density at radius 1 is 0.828 bits per heavy atom. The van der Waals surface area contributed by atoms with E-state index in [1.807, 2.05) is 77.0 Å². The van der Waals surface area contributed by atoms with Gasteiger partial charge in [0.2, 0.25) is 0 Å². The third kappa shape index (κ3) is 3.47. The highest BCUT2D eigenvalue weighted by Crippen LogP contribution is 2.24. The van der Waals surface area contributed by atoms with Crippen LogP contribution in [0.4, 0.5) is 5.82 Å². The normalized spacial score (nSPS) is 14.3. The van der Waals surface area contributed by atoms with E-state index in [1.165, 1.54) is 0 Å². The number of rotatable bonds is 3. The van der Waals surface area contributed by atoms with Crippen molar-refractivity contribution in [3.8, 4) is 10.6 Å². The summed E-state index contributed by atoms with van der Waals surface area (Å²) in [6.07, 6.45) is 0. The summed E-state index contributed by atoms with van der Waals surface area (Å²) < 4.78 is 0. The number of carbonyl (C=O) groups is 1. The van der Waals surface area contributed by atoms with Gasteiger partial charge in [0.25, 0.3) is 5.91 Å². The molecule has 144 valence electrons. The molecule has 5 nitrogen and oxygen atoms in total. The summed E-state index contributed by atoms with van der Waals surface area (Å²) in [6.45, 7) is 2.86. The minimum absolute atomic E-state index is 0.0978. The Bertz CT molecular complexity index is 1130. The first-order valence-corrected chi connectivity index (χ1v) is 10.6. The van der Waals surface area contributed by atoms with Crippen molar-refractivity contribution in [2.24, 2.45) is 0 Å². The number of hydrogen-bond acceptors (Lipinski definition) is 5. The molecule has 1 saturated heterocycles. The lowest BCUT2D eigenvalue weighted by atomic mass is 10.0. The monoisotopic (exact) mass is 400 g/mol. The average Bonchev–Trinajstić information content (AvgIpc) is 3.33. The van der Waals surface area contributed by atoms with Crippen LogP contribution in [0.5, 0.6) is 0 Å². The summed E-state index contributed by atoms with van der Waals surface area (Å²) in [4.78, 5) is 18.4. The molecule has 4 aromatic rings. The van der Waals surface area contributed by atoms with Crippen LogP contribution in [0.2, 0.25) is 0 Å². The Morgan fingerprint density at radius 3 is 2.41 bits per heavy atom. The van der Waals surface area contributed by atoms with Crippen LogP contribution in [-0.2, 0) is 0 Å². The van der Waals surface area contributed by atoms with Gasteiger partial charge in [0.1, 0.15) is 5.69 Å². The van der Waals surface area contributed by atoms with E-state index in [-0.39, 0.29) is 5.91 Å². The Kier molecular flexibility index (Phi) is 4.69. The molecule has 1 aliphatic rings. The average molecular weight is 401 g/mol. The third-order valence-corrected chi connectivity index (χ3v) is 6.23. The number of thiophene rings is 1. The summed E-state index contributed by atoms with van der Waals surface area (Å²) in [7, 11) is 0. The largest absolute Gasteiger partial charge is 0.352 e. The molecule has 0 aliphatic carbocycles. The van der Waals surface area contributed by atoms with Crippen LogP contribution in [0.15, 0.2) is 72.1 Å². The zero-order valence-corrected chi connectivity index (χ0v) is 16.7. The number of carbonyl (C=O) groups excluding carboxylic acids is 1. The fraction of sp³-hybridized carbons (Fsp3) is 0.174. The molecule has 1 aliphatic heterocycles. The van der Waals surface area contributed by atoms with Gasteiger partial charge in [-0.25, -0.2) is 0 Å². The van der Waals surface area contributed by atoms with Gasteiger partial charge in [-0.1, -0.05) is 42.5 Å². The lowest BCUT2D eigenvalue weighted by Gasteiger charge is -2.35. The molecule has 2 aromatic carbocycles. The second kappa shape index (κ2) is 7.64. The quantitative estimate of drug-likeness (QED) is 0.514. The third-order valence-electron chi connectivity index (χ3n) is 5.34. The number of piperazine rings is 1. The zero-order chi connectivity index (χ0) is 19.6. The van der Waals surface area contributed by atoms with Gasteiger partial charge in [0.05, 0.1) is 4.88 Å². The lowest BCUT2D eigenvalue weighted by molar-refractivity contribution is 0.0748. The molecule has 0 atom stereocenters. The Morgan fingerprint density at radius 2 is 1.66 bits per heavy atom. The highest BCUT2D eigenvalue weighted by atomic mass is 32.1. The molecule has 1 fully saturated rings. The van der Waals surface area contributed by atoms with Crippen LogP contribution in [-0.4, -0.2) is 47.2 Å². The predicted octanol–water partition coefficient (Wildman–Crippen LogP) is 4.32. The van der Waals surface area contributed by atoms with Crippen molar-refractivity contribution in [3.63, 3.8) is 0 Å². The maximum absolute atomic E-state index is 13.1. The summed E-state index contributed by atoms with van der Waals surface area (Å²) in [5, 5.41) is 12.9. The van der Waals surface area contributed by atoms with Gasteiger partial charge in [-0.3, -0.25) is 4.79 Å². The van der Waals surface area contributed by atoms with E-state index < -0.39 is 0 Å². The fourth-order valence-corrected chi connectivity index (χ4v) is 4.46. The van der Waals surface area contributed by atoms with E-state index in [0.29, 0.717) is 13.1 Å². The van der Waals surface area contributed by atoms with Gasteiger partial charge in [-0.2, -0.15) is 0 Å². The van der Waals surface area contributed by atoms with Crippen molar-refractivity contribution in [1.29, 1.82) is 0 Å². The molecule has 1 amide bonds. The first-order chi connectivity index (χ1) is 14.3. The molecule has 0 saturated carbocycles. The number of aromatic nitrogens is 2. The van der Waals surface area contributed by atoms with Gasteiger partial charge < -0.3 is 9.80 Å². The van der Waals surface area contributed by atoms with Crippen molar-refractivity contribution in [1.82, 2.24) is 15.1 Å². The topological polar surface area (TPSA) is 49.3 Å². The van der Waals surface area contributed by atoms with Gasteiger partial charge in [-0.15, -0.1) is 21.5 Å². The van der Waals surface area contributed by atoms with Crippen LogP contribution in [0, 0.1) is 0 Å². The lowest BCUT2D eigenvalue weighted by Crippen LogP contribution is -2.49. The van der Waals surface area contributed by atoms with E-state index in [4.69, 9.17) is 0 Å². The number of benzene rings is 2. The maximum atomic E-state index is 13.1. The van der Waals surface area contributed by atoms with Crippen molar-refractivity contribution in [3.05, 3.63) is 77.7 Å². The summed E-state index contributed by atoms with van der Waals surface area (Å²) in [5.74, 6) is 0.961. The number of nitrogens with zero attached hydrogens (tertiary/aromatic N) is 4. The molecule has 6 heteroatoms. The maximum Gasteiger partial charge on any atom is 0.254 e. The smallest absolute Gasteiger partial charge is 0.254 e. The van der Waals surface area contributed by atoms with Crippen molar-refractivity contribution in [2.45, 2.75) is 0 Å². The number of amides is 1. The summed E-state index contributed by atoms with van der Waals surface area (Å²) >= 11 is 1.66. The van der Waals surface area contributed by atoms with Crippen LogP contribution >= 0.6 is 11.3 Å². The minimum atomic E-state index is 0.0978. The highest BCUT2D eigenvalue weighted by molar-refractivity contribution is 7.13. The molecule has 3 heterocycles. The molecular weight excluding hydrogens is 380 g/mol. The highest BCUT2D eigenvalue weighted by Gasteiger charge is 2.24. The Hall–Kier alpha value is -3.25. The fourth-order valence-electron chi connectivity index (χ4n) is 3.77. The van der Waals surface area contributed by atoms with Crippen LogP contribution in [0.3, 0.4) is 0 Å². The SMILES string of the molecule is O=C(c1cccc2ccccc12)N1CCN(c2ccc(-c3cccs3)nn2)CC1. The molecule has 0 N–H and O–H groups in total. The minimum Gasteiger partial charge on any atom is -0.352 e. The molecule has 5 rings (SSSR count). The van der Waals surface area contributed by atoms with E-state index >= 15 is 0 Å². The van der Waals surface area contributed by atoms with E-state index in [0.717, 1.165) is 45.8 Å². The Balaban J connectivity index is 1.28. The first kappa shape index (κ1) is 17.8. The summed E-state index contributed by atoms with van der Waals surface area (Å²) in [6, 6.07) is 22.1. The molecule has 29 heavy (non-hydrogen) atoms. The standard InChI is InChI=1S/C23H20N4OS/c28-23(19-8-3-6-17-5-1-2-7-18(17)19)27-14-12-26(13-15-27)22-11-10-20(24-25-22)21-9-4-16-29-21/h1-11,16H,12-15H2. The second-order valence-corrected chi connectivity index (χ2v) is 8.01. The van der Waals surface area contributed by atoms with Crippen molar-refractivity contribution < 1.29 is 4.79 Å². The zero-order valence-electron chi connectivity index (χ0n) is 15.9. The van der Waals surface area contributed by atoms with Gasteiger partial charge in [0, 0.05) is 31.7 Å². The van der Waals surface area contributed by atoms with Gasteiger partial charge in [-0.05, 0) is 40.4 Å². The van der Waals surface area contributed by atoms with Crippen molar-refractivity contribution >= 4 is 33.8 Å². The molecular formula is C23H20N4OS. The molecule has 2 aromatic heterocycles. The molecule has 0 radical (unpaired) electrons. The van der Waals surface area contributed by atoms with Gasteiger partial charge in [0.15, 0.2) is 5.82 Å². The number of anilines is 1. The summed E-state index contributed by atoms with van der Waals surface area (Å²) in [5.41, 5.74) is 1.67. The Labute approximate surface area is 173 Å². The van der Waals surface area contributed by atoms with E-state index in [9.17, 15) is 4.79 Å². The molecule has 0 spiro atoms. The number of fused-ring (bicyclic) bond motifs is 1. The van der Waals surface area contributed by atoms with Crippen molar-refractivity contribution in [2.75, 3.05) is 31.1 Å². The molecule has 0 bridgehead atoms. The predicted molar refractivity (Wildman–Crippen MR) is 117 cm³/mol. The first-order valence-electron chi connectivity index (χ1n) is 9.69. The number of hydrogen-bond donors (Lipinski definition) is 0. The van der Waals surface area contributed by atoms with Crippen LogP contribution in [0.25, 0.3) is 21.3 Å². The van der Waals surface area contributed by atoms with Crippen LogP contribution in [0.1, 0.15) is 10.4 Å². The van der Waals surface area contributed by atoms with Gasteiger partial charge >= 0.3 is 0 Å².